The Morgan fingerprint density at radius 3 is 2.57 bits per heavy atom. The van der Waals surface area contributed by atoms with Crippen molar-refractivity contribution < 1.29 is 9.53 Å². The molecule has 148 valence electrons. The lowest BCUT2D eigenvalue weighted by molar-refractivity contribution is 0.0976. The molecule has 28 heavy (non-hydrogen) atoms. The van der Waals surface area contributed by atoms with Gasteiger partial charge in [-0.05, 0) is 64.8 Å². The first-order chi connectivity index (χ1) is 13.5. The van der Waals surface area contributed by atoms with E-state index >= 15 is 0 Å². The van der Waals surface area contributed by atoms with E-state index in [4.69, 9.17) is 17.0 Å². The number of amides is 1. The van der Waals surface area contributed by atoms with Crippen molar-refractivity contribution >= 4 is 39.2 Å². The van der Waals surface area contributed by atoms with Gasteiger partial charge in [0.25, 0.3) is 5.91 Å². The summed E-state index contributed by atoms with van der Waals surface area (Å²) in [7, 11) is 1.59. The first kappa shape index (κ1) is 20.8. The van der Waals surface area contributed by atoms with Crippen molar-refractivity contribution in [3.05, 3.63) is 64.1 Å². The molecule has 0 spiro atoms. The highest BCUT2D eigenvalue weighted by atomic mass is 79.9. The van der Waals surface area contributed by atoms with Crippen molar-refractivity contribution in [3.8, 4) is 5.75 Å². The highest BCUT2D eigenvalue weighted by molar-refractivity contribution is 9.10. The molecule has 1 heterocycles. The van der Waals surface area contributed by atoms with Crippen LogP contribution in [-0.4, -0.2) is 42.2 Å². The predicted octanol–water partition coefficient (Wildman–Crippen LogP) is 3.73. The number of carbonyl (C=O) groups is 1. The number of benzene rings is 2. The van der Waals surface area contributed by atoms with Crippen molar-refractivity contribution in [1.82, 2.24) is 15.5 Å². The fraction of sp³-hybridized carbons (Fsp3) is 0.333. The molecule has 1 aliphatic rings. The van der Waals surface area contributed by atoms with E-state index in [1.54, 1.807) is 25.3 Å². The molecule has 1 aliphatic heterocycles. The van der Waals surface area contributed by atoms with E-state index in [-0.39, 0.29) is 11.9 Å². The number of hydrogen-bond acceptors (Lipinski definition) is 4. The van der Waals surface area contributed by atoms with Crippen LogP contribution in [0.4, 0.5) is 0 Å². The number of ether oxygens (including phenoxy) is 1. The lowest BCUT2D eigenvalue weighted by Crippen LogP contribution is -2.48. The number of likely N-dealkylation sites (tertiary alicyclic amines) is 1. The number of thiocarbonyl (C=S) groups is 1. The Morgan fingerprint density at radius 1 is 1.21 bits per heavy atom. The molecule has 2 N–H and O–H groups in total. The molecule has 1 saturated heterocycles. The Kier molecular flexibility index (Phi) is 7.42. The number of rotatable bonds is 5. The Labute approximate surface area is 179 Å². The molecule has 0 unspecified atom stereocenters. The minimum absolute atomic E-state index is 0.234. The molecule has 0 aliphatic carbocycles. The lowest BCUT2D eigenvalue weighted by Gasteiger charge is -2.32. The summed E-state index contributed by atoms with van der Waals surface area (Å²) in [6.07, 6.45) is 1.99. The SMILES string of the molecule is COc1ccc(C(=O)NC(=S)NC2CCN(Cc3ccccc3)CC2)cc1Br. The van der Waals surface area contributed by atoms with Crippen LogP contribution in [0.25, 0.3) is 0 Å². The molecule has 0 saturated carbocycles. The molecule has 2 aromatic rings. The number of methoxy groups -OCH3 is 1. The van der Waals surface area contributed by atoms with Gasteiger partial charge in [0.05, 0.1) is 11.6 Å². The van der Waals surface area contributed by atoms with Crippen molar-refractivity contribution in [2.45, 2.75) is 25.4 Å². The molecule has 1 fully saturated rings. The average molecular weight is 462 g/mol. The van der Waals surface area contributed by atoms with E-state index in [0.29, 0.717) is 16.4 Å². The second kappa shape index (κ2) is 10.0. The number of nitrogens with zero attached hydrogens (tertiary/aromatic N) is 1. The monoisotopic (exact) mass is 461 g/mol. The third-order valence-corrected chi connectivity index (χ3v) is 5.65. The van der Waals surface area contributed by atoms with Crippen molar-refractivity contribution in [1.29, 1.82) is 0 Å². The zero-order chi connectivity index (χ0) is 19.9. The molecule has 3 rings (SSSR count). The van der Waals surface area contributed by atoms with Crippen molar-refractivity contribution in [3.63, 3.8) is 0 Å². The van der Waals surface area contributed by atoms with Gasteiger partial charge in [0, 0.05) is 31.2 Å². The third-order valence-electron chi connectivity index (χ3n) is 4.81. The van der Waals surface area contributed by atoms with E-state index in [1.807, 2.05) is 6.07 Å². The summed E-state index contributed by atoms with van der Waals surface area (Å²) in [5.74, 6) is 0.446. The number of nitrogens with one attached hydrogen (secondary N) is 2. The summed E-state index contributed by atoms with van der Waals surface area (Å²) in [6.45, 7) is 2.99. The van der Waals surface area contributed by atoms with E-state index in [0.717, 1.165) is 36.9 Å². The van der Waals surface area contributed by atoms with Gasteiger partial charge >= 0.3 is 0 Å². The summed E-state index contributed by atoms with van der Waals surface area (Å²) in [4.78, 5) is 14.8. The first-order valence-electron chi connectivity index (χ1n) is 9.27. The van der Waals surface area contributed by atoms with Gasteiger partial charge in [0.1, 0.15) is 5.75 Å². The maximum atomic E-state index is 12.4. The zero-order valence-electron chi connectivity index (χ0n) is 15.8. The molecule has 0 radical (unpaired) electrons. The Balaban J connectivity index is 1.44. The van der Waals surface area contributed by atoms with Crippen LogP contribution in [0, 0.1) is 0 Å². The topological polar surface area (TPSA) is 53.6 Å². The van der Waals surface area contributed by atoms with E-state index in [9.17, 15) is 4.79 Å². The Hall–Kier alpha value is -1.96. The molecule has 7 heteroatoms. The predicted molar refractivity (Wildman–Crippen MR) is 119 cm³/mol. The number of carbonyl (C=O) groups excluding carboxylic acids is 1. The highest BCUT2D eigenvalue weighted by Gasteiger charge is 2.20. The molecule has 0 bridgehead atoms. The van der Waals surface area contributed by atoms with Crippen LogP contribution >= 0.6 is 28.1 Å². The smallest absolute Gasteiger partial charge is 0.257 e. The second-order valence-electron chi connectivity index (χ2n) is 6.81. The maximum Gasteiger partial charge on any atom is 0.257 e. The van der Waals surface area contributed by atoms with Crippen LogP contribution in [0.1, 0.15) is 28.8 Å². The van der Waals surface area contributed by atoms with Gasteiger partial charge in [-0.15, -0.1) is 0 Å². The normalized spacial score (nSPS) is 15.1. The summed E-state index contributed by atoms with van der Waals surface area (Å²) < 4.78 is 5.92. The summed E-state index contributed by atoms with van der Waals surface area (Å²) in [5.41, 5.74) is 1.86. The quantitative estimate of drug-likeness (QED) is 0.664. The third kappa shape index (κ3) is 5.77. The molecular weight excluding hydrogens is 438 g/mol. The minimum atomic E-state index is -0.234. The van der Waals surface area contributed by atoms with Crippen LogP contribution in [0.15, 0.2) is 53.0 Å². The van der Waals surface area contributed by atoms with Gasteiger partial charge in [0.2, 0.25) is 0 Å². The minimum Gasteiger partial charge on any atom is -0.496 e. The molecule has 0 aromatic heterocycles. The number of piperidine rings is 1. The fourth-order valence-electron chi connectivity index (χ4n) is 3.28. The molecule has 5 nitrogen and oxygen atoms in total. The van der Waals surface area contributed by atoms with Gasteiger partial charge in [0.15, 0.2) is 5.11 Å². The summed E-state index contributed by atoms with van der Waals surface area (Å²) in [6, 6.07) is 16.0. The second-order valence-corrected chi connectivity index (χ2v) is 8.08. The van der Waals surface area contributed by atoms with Crippen LogP contribution in [0.5, 0.6) is 5.75 Å². The number of hydrogen-bond donors (Lipinski definition) is 2. The highest BCUT2D eigenvalue weighted by Crippen LogP contribution is 2.25. The lowest BCUT2D eigenvalue weighted by atomic mass is 10.0. The summed E-state index contributed by atoms with van der Waals surface area (Å²) in [5, 5.41) is 6.42. The van der Waals surface area contributed by atoms with E-state index < -0.39 is 0 Å². The van der Waals surface area contributed by atoms with Crippen LogP contribution in [-0.2, 0) is 6.54 Å². The zero-order valence-corrected chi connectivity index (χ0v) is 18.2. The Morgan fingerprint density at radius 2 is 1.93 bits per heavy atom. The van der Waals surface area contributed by atoms with Gasteiger partial charge in [-0.2, -0.15) is 0 Å². The molecule has 0 atom stereocenters. The van der Waals surface area contributed by atoms with Crippen LogP contribution in [0.3, 0.4) is 0 Å². The largest absolute Gasteiger partial charge is 0.496 e. The van der Waals surface area contributed by atoms with Crippen molar-refractivity contribution in [2.75, 3.05) is 20.2 Å². The molecular formula is C21H24BrN3O2S. The van der Waals surface area contributed by atoms with Crippen LogP contribution < -0.4 is 15.4 Å². The maximum absolute atomic E-state index is 12.4. The fourth-order valence-corrected chi connectivity index (χ4v) is 4.08. The van der Waals surface area contributed by atoms with Gasteiger partial charge < -0.3 is 10.1 Å². The molecule has 1 amide bonds. The van der Waals surface area contributed by atoms with E-state index in [1.165, 1.54) is 5.56 Å². The van der Waals surface area contributed by atoms with E-state index in [2.05, 4.69) is 55.7 Å². The number of halogens is 1. The van der Waals surface area contributed by atoms with Gasteiger partial charge in [-0.1, -0.05) is 30.3 Å². The van der Waals surface area contributed by atoms with Gasteiger partial charge in [-0.25, -0.2) is 0 Å². The average Bonchev–Trinajstić information content (AvgIpc) is 2.70. The standard InChI is InChI=1S/C21H24BrN3O2S/c1-27-19-8-7-16(13-18(19)22)20(26)24-21(28)23-17-9-11-25(12-10-17)14-15-5-3-2-4-6-15/h2-8,13,17H,9-12,14H2,1H3,(H2,23,24,26,28). The van der Waals surface area contributed by atoms with Crippen molar-refractivity contribution in [2.24, 2.45) is 0 Å². The first-order valence-corrected chi connectivity index (χ1v) is 10.5. The van der Waals surface area contributed by atoms with Gasteiger partial charge in [-0.3, -0.25) is 15.0 Å². The summed E-state index contributed by atoms with van der Waals surface area (Å²) >= 11 is 8.73. The van der Waals surface area contributed by atoms with Crippen LogP contribution in [0.2, 0.25) is 0 Å². The molecule has 2 aromatic carbocycles. The Bertz CT molecular complexity index is 824.